The molecule has 1 aliphatic heterocycles. The van der Waals surface area contributed by atoms with Crippen LogP contribution in [0.1, 0.15) is 24.2 Å². The van der Waals surface area contributed by atoms with E-state index in [1.54, 1.807) is 6.20 Å². The number of aliphatic imine (C=N–C) groups is 1. The third-order valence-corrected chi connectivity index (χ3v) is 4.94. The van der Waals surface area contributed by atoms with Crippen LogP contribution in [0.15, 0.2) is 60.1 Å². The largest absolute Gasteiger partial charge is 0.370 e. The SMILES string of the molecule is CCNC(=NCc1ccccc1-n1cccn1)N1CCOC(c2cnn(C)c2)C1. The van der Waals surface area contributed by atoms with Gasteiger partial charge in [0.2, 0.25) is 0 Å². The Morgan fingerprint density at radius 2 is 2.17 bits per heavy atom. The number of morpholine rings is 1. The fourth-order valence-corrected chi connectivity index (χ4v) is 3.51. The van der Waals surface area contributed by atoms with E-state index in [4.69, 9.17) is 9.73 Å². The summed E-state index contributed by atoms with van der Waals surface area (Å²) in [6.07, 6.45) is 7.62. The molecule has 1 aliphatic rings. The van der Waals surface area contributed by atoms with Gasteiger partial charge in [0.05, 0.1) is 31.6 Å². The molecule has 0 aliphatic carbocycles. The summed E-state index contributed by atoms with van der Waals surface area (Å²) < 4.78 is 9.67. The smallest absolute Gasteiger partial charge is 0.194 e. The van der Waals surface area contributed by atoms with Crippen LogP contribution in [0, 0.1) is 0 Å². The highest BCUT2D eigenvalue weighted by molar-refractivity contribution is 5.80. The van der Waals surface area contributed by atoms with Gasteiger partial charge in [-0.25, -0.2) is 9.67 Å². The first kappa shape index (κ1) is 19.2. The highest BCUT2D eigenvalue weighted by atomic mass is 16.5. The molecule has 1 unspecified atom stereocenters. The van der Waals surface area contributed by atoms with E-state index in [-0.39, 0.29) is 6.10 Å². The number of benzene rings is 1. The second-order valence-electron chi connectivity index (χ2n) is 7.00. The van der Waals surface area contributed by atoms with Crippen LogP contribution in [0.5, 0.6) is 0 Å². The number of hydrogen-bond acceptors (Lipinski definition) is 4. The first-order chi connectivity index (χ1) is 14.2. The molecule has 8 heteroatoms. The van der Waals surface area contributed by atoms with Gasteiger partial charge in [-0.3, -0.25) is 4.68 Å². The Balaban J connectivity index is 1.53. The molecule has 1 fully saturated rings. The molecule has 1 aromatic carbocycles. The minimum Gasteiger partial charge on any atom is -0.370 e. The molecule has 1 N–H and O–H groups in total. The molecule has 2 aromatic heterocycles. The van der Waals surface area contributed by atoms with E-state index in [1.807, 2.05) is 53.2 Å². The number of guanidine groups is 1. The number of hydrogen-bond donors (Lipinski definition) is 1. The van der Waals surface area contributed by atoms with E-state index in [9.17, 15) is 0 Å². The van der Waals surface area contributed by atoms with Crippen molar-refractivity contribution < 1.29 is 4.74 Å². The van der Waals surface area contributed by atoms with Gasteiger partial charge in [0.15, 0.2) is 5.96 Å². The summed E-state index contributed by atoms with van der Waals surface area (Å²) in [6, 6.07) is 10.2. The molecular weight excluding hydrogens is 366 g/mol. The van der Waals surface area contributed by atoms with Crippen molar-refractivity contribution in [1.29, 1.82) is 0 Å². The zero-order chi connectivity index (χ0) is 20.1. The van der Waals surface area contributed by atoms with Crippen LogP contribution < -0.4 is 5.32 Å². The standard InChI is InChI=1S/C21H27N7O/c1-3-22-21(27-11-12-29-20(16-27)18-14-25-26(2)15-18)23-13-17-7-4-5-8-19(17)28-10-6-9-24-28/h4-10,14-15,20H,3,11-13,16H2,1-2H3,(H,22,23). The van der Waals surface area contributed by atoms with E-state index >= 15 is 0 Å². The van der Waals surface area contributed by atoms with E-state index in [0.717, 1.165) is 42.4 Å². The monoisotopic (exact) mass is 393 g/mol. The van der Waals surface area contributed by atoms with E-state index in [2.05, 4.69) is 39.5 Å². The molecule has 0 radical (unpaired) electrons. The molecule has 4 rings (SSSR count). The van der Waals surface area contributed by atoms with Crippen molar-refractivity contribution in [3.05, 3.63) is 66.2 Å². The lowest BCUT2D eigenvalue weighted by molar-refractivity contribution is -0.00805. The molecule has 1 atom stereocenters. The number of aromatic nitrogens is 4. The zero-order valence-corrected chi connectivity index (χ0v) is 16.9. The minimum absolute atomic E-state index is 0.00216. The number of ether oxygens (including phenoxy) is 1. The zero-order valence-electron chi connectivity index (χ0n) is 16.9. The van der Waals surface area contributed by atoms with E-state index in [1.165, 1.54) is 0 Å². The number of nitrogens with zero attached hydrogens (tertiary/aromatic N) is 6. The Morgan fingerprint density at radius 3 is 2.93 bits per heavy atom. The molecule has 29 heavy (non-hydrogen) atoms. The van der Waals surface area contributed by atoms with Crippen LogP contribution in [0.3, 0.4) is 0 Å². The van der Waals surface area contributed by atoms with Gasteiger partial charge in [-0.2, -0.15) is 10.2 Å². The summed E-state index contributed by atoms with van der Waals surface area (Å²) in [6.45, 7) is 5.70. The molecule has 0 bridgehead atoms. The Hall–Kier alpha value is -3.13. The van der Waals surface area contributed by atoms with Crippen molar-refractivity contribution in [2.45, 2.75) is 19.6 Å². The number of aryl methyl sites for hydroxylation is 1. The predicted octanol–water partition coefficient (Wildman–Crippen LogP) is 2.14. The van der Waals surface area contributed by atoms with Crippen molar-refractivity contribution in [1.82, 2.24) is 29.8 Å². The molecular formula is C21H27N7O. The van der Waals surface area contributed by atoms with Gasteiger partial charge >= 0.3 is 0 Å². The molecule has 3 aromatic rings. The maximum absolute atomic E-state index is 5.98. The molecule has 152 valence electrons. The maximum atomic E-state index is 5.98. The highest BCUT2D eigenvalue weighted by Crippen LogP contribution is 2.22. The Labute approximate surface area is 170 Å². The van der Waals surface area contributed by atoms with Crippen molar-refractivity contribution in [3.63, 3.8) is 0 Å². The van der Waals surface area contributed by atoms with Crippen LogP contribution in [0.25, 0.3) is 5.69 Å². The Bertz CT molecular complexity index is 948. The van der Waals surface area contributed by atoms with Crippen molar-refractivity contribution >= 4 is 5.96 Å². The first-order valence-corrected chi connectivity index (χ1v) is 9.96. The maximum Gasteiger partial charge on any atom is 0.194 e. The first-order valence-electron chi connectivity index (χ1n) is 9.96. The van der Waals surface area contributed by atoms with Crippen LogP contribution in [0.4, 0.5) is 0 Å². The number of nitrogens with one attached hydrogen (secondary N) is 1. The van der Waals surface area contributed by atoms with Crippen molar-refractivity contribution in [3.8, 4) is 5.69 Å². The van der Waals surface area contributed by atoms with Gasteiger partial charge in [-0.15, -0.1) is 0 Å². The second-order valence-corrected chi connectivity index (χ2v) is 7.00. The van der Waals surface area contributed by atoms with Gasteiger partial charge < -0.3 is 15.0 Å². The summed E-state index contributed by atoms with van der Waals surface area (Å²) >= 11 is 0. The summed E-state index contributed by atoms with van der Waals surface area (Å²) in [5.74, 6) is 0.903. The van der Waals surface area contributed by atoms with Crippen molar-refractivity contribution in [2.24, 2.45) is 12.0 Å². The molecule has 0 amide bonds. The summed E-state index contributed by atoms with van der Waals surface area (Å²) in [4.78, 5) is 7.19. The molecule has 8 nitrogen and oxygen atoms in total. The Morgan fingerprint density at radius 1 is 1.28 bits per heavy atom. The van der Waals surface area contributed by atoms with Gasteiger partial charge in [-0.1, -0.05) is 18.2 Å². The molecule has 0 spiro atoms. The normalized spacial score (nSPS) is 17.5. The summed E-state index contributed by atoms with van der Waals surface area (Å²) in [7, 11) is 1.92. The lowest BCUT2D eigenvalue weighted by Gasteiger charge is -2.34. The average Bonchev–Trinajstić information content (AvgIpc) is 3.43. The predicted molar refractivity (Wildman–Crippen MR) is 112 cm³/mol. The third kappa shape index (κ3) is 4.48. The van der Waals surface area contributed by atoms with Crippen LogP contribution >= 0.6 is 0 Å². The van der Waals surface area contributed by atoms with Gasteiger partial charge in [-0.05, 0) is 24.6 Å². The third-order valence-electron chi connectivity index (χ3n) is 4.94. The van der Waals surface area contributed by atoms with Gasteiger partial charge in [0, 0.05) is 44.3 Å². The fraction of sp³-hybridized carbons (Fsp3) is 0.381. The topological polar surface area (TPSA) is 72.5 Å². The molecule has 1 saturated heterocycles. The van der Waals surface area contributed by atoms with Crippen LogP contribution in [-0.2, 0) is 18.3 Å². The lowest BCUT2D eigenvalue weighted by Crippen LogP contribution is -2.48. The Kier molecular flexibility index (Phi) is 5.90. The molecule has 3 heterocycles. The molecule has 0 saturated carbocycles. The van der Waals surface area contributed by atoms with E-state index in [0.29, 0.717) is 13.2 Å². The quantitative estimate of drug-likeness (QED) is 0.531. The van der Waals surface area contributed by atoms with Crippen LogP contribution in [-0.4, -0.2) is 56.7 Å². The number of rotatable bonds is 5. The van der Waals surface area contributed by atoms with Gasteiger partial charge in [0.1, 0.15) is 6.10 Å². The summed E-state index contributed by atoms with van der Waals surface area (Å²) in [5.41, 5.74) is 3.27. The summed E-state index contributed by atoms with van der Waals surface area (Å²) in [5, 5.41) is 12.1. The fourth-order valence-electron chi connectivity index (χ4n) is 3.51. The van der Waals surface area contributed by atoms with Crippen molar-refractivity contribution in [2.75, 3.05) is 26.2 Å². The second kappa shape index (κ2) is 8.91. The van der Waals surface area contributed by atoms with Gasteiger partial charge in [0.25, 0.3) is 0 Å². The number of para-hydroxylation sites is 1. The average molecular weight is 393 g/mol. The van der Waals surface area contributed by atoms with E-state index < -0.39 is 0 Å². The van der Waals surface area contributed by atoms with Crippen LogP contribution in [0.2, 0.25) is 0 Å². The minimum atomic E-state index is -0.00216. The lowest BCUT2D eigenvalue weighted by atomic mass is 10.1. The highest BCUT2D eigenvalue weighted by Gasteiger charge is 2.25.